The molecule has 1 aliphatic carbocycles. The Hall–Kier alpha value is -1.22. The first-order chi connectivity index (χ1) is 9.13. The number of carbonyl (C=O) groups is 1. The van der Waals surface area contributed by atoms with E-state index in [0.717, 1.165) is 11.3 Å². The molecule has 102 valence electrons. The molecule has 2 atom stereocenters. The van der Waals surface area contributed by atoms with Crippen LogP contribution < -0.4 is 0 Å². The highest BCUT2D eigenvalue weighted by molar-refractivity contribution is 8.00. The van der Waals surface area contributed by atoms with Gasteiger partial charge in [-0.1, -0.05) is 38.5 Å². The summed E-state index contributed by atoms with van der Waals surface area (Å²) >= 11 is 1.69. The number of aliphatic hydroxyl groups is 1. The Morgan fingerprint density at radius 1 is 1.26 bits per heavy atom. The number of Topliss-reactive ketones (excluding diaryl/α,β-unsaturated/α-hetero) is 1. The lowest BCUT2D eigenvalue weighted by Crippen LogP contribution is -2.21. The lowest BCUT2D eigenvalue weighted by molar-refractivity contribution is -0.115. The Bertz CT molecular complexity index is 479. The van der Waals surface area contributed by atoms with Gasteiger partial charge in [0.05, 0.1) is 0 Å². The van der Waals surface area contributed by atoms with Gasteiger partial charge in [-0.2, -0.15) is 0 Å². The van der Waals surface area contributed by atoms with Crippen molar-refractivity contribution in [1.82, 2.24) is 0 Å². The molecule has 0 fully saturated rings. The van der Waals surface area contributed by atoms with Crippen LogP contribution in [-0.4, -0.2) is 16.1 Å². The number of hydrogen-bond donors (Lipinski definition) is 1. The minimum absolute atomic E-state index is 0.0578. The molecule has 0 amide bonds. The predicted molar refractivity (Wildman–Crippen MR) is 79.4 cm³/mol. The van der Waals surface area contributed by atoms with Crippen LogP contribution in [0.15, 0.2) is 46.6 Å². The number of benzene rings is 1. The minimum atomic E-state index is 0.0578. The highest BCUT2D eigenvalue weighted by atomic mass is 32.2. The zero-order valence-corrected chi connectivity index (χ0v) is 12.2. The van der Waals surface area contributed by atoms with Gasteiger partial charge >= 0.3 is 0 Å². The zero-order valence-electron chi connectivity index (χ0n) is 11.4. The molecule has 0 radical (unpaired) electrons. The van der Waals surface area contributed by atoms with Gasteiger partial charge in [0, 0.05) is 28.6 Å². The van der Waals surface area contributed by atoms with Crippen molar-refractivity contribution in [2.24, 2.45) is 5.92 Å². The van der Waals surface area contributed by atoms with Crippen molar-refractivity contribution in [2.45, 2.75) is 43.3 Å². The molecule has 0 bridgehead atoms. The summed E-state index contributed by atoms with van der Waals surface area (Å²) < 4.78 is 0. The lowest BCUT2D eigenvalue weighted by atomic mass is 9.97. The van der Waals surface area contributed by atoms with Crippen LogP contribution in [0, 0.1) is 5.92 Å². The zero-order chi connectivity index (χ0) is 13.8. The van der Waals surface area contributed by atoms with Gasteiger partial charge < -0.3 is 5.11 Å². The molecule has 19 heavy (non-hydrogen) atoms. The molecule has 1 N–H and O–H groups in total. The summed E-state index contributed by atoms with van der Waals surface area (Å²) in [5, 5.41) is 10.1. The van der Waals surface area contributed by atoms with Crippen molar-refractivity contribution in [3.63, 3.8) is 0 Å². The average molecular weight is 276 g/mol. The number of ketones is 1. The Morgan fingerprint density at radius 2 is 1.95 bits per heavy atom. The predicted octanol–water partition coefficient (Wildman–Crippen LogP) is 4.37. The van der Waals surface area contributed by atoms with Gasteiger partial charge in [-0.3, -0.25) is 4.79 Å². The van der Waals surface area contributed by atoms with Gasteiger partial charge in [-0.05, 0) is 18.1 Å². The fourth-order valence-electron chi connectivity index (χ4n) is 2.30. The number of aliphatic hydroxyl groups excluding tert-OH is 1. The van der Waals surface area contributed by atoms with Gasteiger partial charge in [0.2, 0.25) is 0 Å². The molecule has 2 unspecified atom stereocenters. The third-order valence-electron chi connectivity index (χ3n) is 3.65. The summed E-state index contributed by atoms with van der Waals surface area (Å²) in [5.74, 6) is 0.786. The standard InChI is InChI=1S/C16H20O2S/c1-3-11(2)16(15-13(17)9-10-14(15)18)19-12-7-5-4-6-8-12/h4-8,11,16-17H,3,9-10H2,1-2H3. The molecule has 0 saturated heterocycles. The first-order valence-corrected chi connectivity index (χ1v) is 7.68. The summed E-state index contributed by atoms with van der Waals surface area (Å²) in [6.07, 6.45) is 1.97. The number of rotatable bonds is 5. The summed E-state index contributed by atoms with van der Waals surface area (Å²) in [6.45, 7) is 4.27. The van der Waals surface area contributed by atoms with Crippen molar-refractivity contribution in [3.05, 3.63) is 41.7 Å². The van der Waals surface area contributed by atoms with Crippen molar-refractivity contribution in [1.29, 1.82) is 0 Å². The number of thioether (sulfide) groups is 1. The van der Waals surface area contributed by atoms with E-state index in [1.54, 1.807) is 11.8 Å². The van der Waals surface area contributed by atoms with Crippen LogP contribution in [0.3, 0.4) is 0 Å². The van der Waals surface area contributed by atoms with Gasteiger partial charge in [-0.25, -0.2) is 0 Å². The topological polar surface area (TPSA) is 37.3 Å². The van der Waals surface area contributed by atoms with E-state index in [1.165, 1.54) is 0 Å². The summed E-state index contributed by atoms with van der Waals surface area (Å²) in [5.41, 5.74) is 0.656. The molecule has 1 aromatic rings. The van der Waals surface area contributed by atoms with E-state index in [1.807, 2.05) is 18.2 Å². The van der Waals surface area contributed by atoms with E-state index in [9.17, 15) is 9.90 Å². The molecule has 0 saturated carbocycles. The second-order valence-corrected chi connectivity index (χ2v) is 6.24. The third-order valence-corrected chi connectivity index (χ3v) is 5.15. The van der Waals surface area contributed by atoms with Crippen molar-refractivity contribution in [2.75, 3.05) is 0 Å². The lowest BCUT2D eigenvalue weighted by Gasteiger charge is -2.23. The Labute approximate surface area is 118 Å². The van der Waals surface area contributed by atoms with E-state index in [-0.39, 0.29) is 11.0 Å². The van der Waals surface area contributed by atoms with E-state index < -0.39 is 0 Å². The molecule has 0 aliphatic heterocycles. The summed E-state index contributed by atoms with van der Waals surface area (Å²) in [6, 6.07) is 10.1. The van der Waals surface area contributed by atoms with Crippen LogP contribution in [0.25, 0.3) is 0 Å². The maximum Gasteiger partial charge on any atom is 0.163 e. The van der Waals surface area contributed by atoms with Gasteiger partial charge in [0.25, 0.3) is 0 Å². The molecule has 1 aliphatic rings. The van der Waals surface area contributed by atoms with Crippen molar-refractivity contribution >= 4 is 17.5 Å². The van der Waals surface area contributed by atoms with Crippen LogP contribution in [-0.2, 0) is 4.79 Å². The molecule has 0 heterocycles. The van der Waals surface area contributed by atoms with Gasteiger partial charge in [-0.15, -0.1) is 11.8 Å². The summed E-state index contributed by atoms with van der Waals surface area (Å²) in [4.78, 5) is 13.2. The quantitative estimate of drug-likeness (QED) is 0.811. The van der Waals surface area contributed by atoms with E-state index in [2.05, 4.69) is 26.0 Å². The van der Waals surface area contributed by atoms with Crippen molar-refractivity contribution in [3.8, 4) is 0 Å². The second kappa shape index (κ2) is 6.29. The van der Waals surface area contributed by atoms with Crippen LogP contribution in [0.1, 0.15) is 33.1 Å². The fourth-order valence-corrected chi connectivity index (χ4v) is 3.72. The molecule has 2 nitrogen and oxygen atoms in total. The highest BCUT2D eigenvalue weighted by Crippen LogP contribution is 2.39. The summed E-state index contributed by atoms with van der Waals surface area (Å²) in [7, 11) is 0. The number of hydrogen-bond acceptors (Lipinski definition) is 3. The third kappa shape index (κ3) is 3.21. The Kier molecular flexibility index (Phi) is 4.70. The smallest absolute Gasteiger partial charge is 0.163 e. The highest BCUT2D eigenvalue weighted by Gasteiger charge is 2.33. The monoisotopic (exact) mass is 276 g/mol. The first kappa shape index (κ1) is 14.2. The molecule has 2 rings (SSSR count). The first-order valence-electron chi connectivity index (χ1n) is 6.80. The molecular weight excluding hydrogens is 256 g/mol. The number of carbonyl (C=O) groups excluding carboxylic acids is 1. The number of allylic oxidation sites excluding steroid dienone is 1. The van der Waals surface area contributed by atoms with Crippen molar-refractivity contribution < 1.29 is 9.90 Å². The molecule has 3 heteroatoms. The van der Waals surface area contributed by atoms with Crippen LogP contribution >= 0.6 is 11.8 Å². The van der Waals surface area contributed by atoms with E-state index >= 15 is 0 Å². The van der Waals surface area contributed by atoms with Gasteiger partial charge in [0.1, 0.15) is 5.76 Å². The fraction of sp³-hybridized carbons (Fsp3) is 0.438. The minimum Gasteiger partial charge on any atom is -0.512 e. The van der Waals surface area contributed by atoms with E-state index in [0.29, 0.717) is 30.1 Å². The van der Waals surface area contributed by atoms with Gasteiger partial charge in [0.15, 0.2) is 5.78 Å². The molecule has 0 spiro atoms. The molecule has 0 aromatic heterocycles. The molecule has 1 aromatic carbocycles. The van der Waals surface area contributed by atoms with Crippen LogP contribution in [0.4, 0.5) is 0 Å². The maximum absolute atomic E-state index is 12.0. The normalized spacial score (nSPS) is 18.7. The van der Waals surface area contributed by atoms with Crippen LogP contribution in [0.5, 0.6) is 0 Å². The Balaban J connectivity index is 2.27. The second-order valence-electron chi connectivity index (χ2n) is 5.02. The average Bonchev–Trinajstić information content (AvgIpc) is 2.76. The maximum atomic E-state index is 12.0. The SMILES string of the molecule is CCC(C)C(Sc1ccccc1)C1=C(O)CCC1=O. The largest absolute Gasteiger partial charge is 0.512 e. The Morgan fingerprint density at radius 3 is 2.47 bits per heavy atom. The van der Waals surface area contributed by atoms with E-state index in [4.69, 9.17) is 0 Å². The van der Waals surface area contributed by atoms with Crippen LogP contribution in [0.2, 0.25) is 0 Å². The molecular formula is C16H20O2S.